The molecule has 2 aromatic heterocycles. The molecular weight excluding hydrogens is 380 g/mol. The molecule has 2 nitrogen and oxygen atoms in total. The summed E-state index contributed by atoms with van der Waals surface area (Å²) in [6.45, 7) is 0. The zero-order valence-corrected chi connectivity index (χ0v) is 14.2. The number of hydrogen-bond donors (Lipinski definition) is 2. The zero-order valence-electron chi connectivity index (χ0n) is 10.7. The molecule has 0 atom stereocenters. The number of aromatic nitrogens is 2. The third-order valence-electron chi connectivity index (χ3n) is 2.93. The van der Waals surface area contributed by atoms with Crippen molar-refractivity contribution in [3.8, 4) is 0 Å². The Morgan fingerprint density at radius 3 is 1.30 bits per heavy atom. The Hall–Kier alpha value is -1.52. The van der Waals surface area contributed by atoms with E-state index in [0.29, 0.717) is 0 Å². The van der Waals surface area contributed by atoms with Crippen LogP contribution >= 0.6 is 34.0 Å². The minimum absolute atomic E-state index is 0. The van der Waals surface area contributed by atoms with Crippen LogP contribution in [0.1, 0.15) is 0 Å². The Bertz CT molecular complexity index is 632. The molecule has 4 rings (SSSR count). The molecule has 2 N–H and O–H groups in total. The summed E-state index contributed by atoms with van der Waals surface area (Å²) in [4.78, 5) is 6.24. The lowest BCUT2D eigenvalue weighted by atomic mass is 10.3. The third kappa shape index (κ3) is 3.74. The summed E-state index contributed by atoms with van der Waals surface area (Å²) in [5, 5.41) is 2.55. The predicted octanol–water partition coefficient (Wildman–Crippen LogP) is 5.49. The van der Waals surface area contributed by atoms with Gasteiger partial charge >= 0.3 is 0 Å². The summed E-state index contributed by atoms with van der Waals surface area (Å²) < 4.78 is 0. The van der Waals surface area contributed by atoms with Crippen molar-refractivity contribution in [2.75, 3.05) is 0 Å². The van der Waals surface area contributed by atoms with E-state index in [9.17, 15) is 0 Å². The molecule has 0 aliphatic rings. The standard InChI is InChI=1S/2C8H7N.2BrH/c2*1-2-4-8-7(3-1)5-6-9-8;;/h2*1-6,9H;2*1H. The van der Waals surface area contributed by atoms with Crippen LogP contribution in [0.25, 0.3) is 21.8 Å². The zero-order chi connectivity index (χ0) is 12.2. The molecule has 0 amide bonds. The van der Waals surface area contributed by atoms with E-state index in [4.69, 9.17) is 0 Å². The first-order valence-corrected chi connectivity index (χ1v) is 5.98. The average Bonchev–Trinajstić information content (AvgIpc) is 3.08. The topological polar surface area (TPSA) is 31.6 Å². The van der Waals surface area contributed by atoms with Gasteiger partial charge in [-0.3, -0.25) is 0 Å². The molecule has 104 valence electrons. The lowest BCUT2D eigenvalue weighted by Crippen LogP contribution is -1.61. The first kappa shape index (κ1) is 16.5. The lowest BCUT2D eigenvalue weighted by molar-refractivity contribution is 1.48. The van der Waals surface area contributed by atoms with Gasteiger partial charge in [-0.05, 0) is 35.0 Å². The lowest BCUT2D eigenvalue weighted by Gasteiger charge is -1.83. The van der Waals surface area contributed by atoms with Crippen LogP contribution in [0.2, 0.25) is 0 Å². The molecule has 0 radical (unpaired) electrons. The van der Waals surface area contributed by atoms with E-state index in [-0.39, 0.29) is 34.0 Å². The van der Waals surface area contributed by atoms with E-state index in [2.05, 4.69) is 46.4 Å². The molecular formula is C16H16Br2N2. The van der Waals surface area contributed by atoms with Gasteiger partial charge in [-0.1, -0.05) is 36.4 Å². The van der Waals surface area contributed by atoms with E-state index >= 15 is 0 Å². The van der Waals surface area contributed by atoms with Gasteiger partial charge in [0.25, 0.3) is 0 Å². The second-order valence-electron chi connectivity index (χ2n) is 4.13. The highest BCUT2D eigenvalue weighted by Gasteiger charge is 1.87. The highest BCUT2D eigenvalue weighted by atomic mass is 79.9. The first-order chi connectivity index (χ1) is 8.93. The minimum atomic E-state index is 0. The molecule has 0 fully saturated rings. The molecule has 0 spiro atoms. The predicted molar refractivity (Wildman–Crippen MR) is 97.2 cm³/mol. The van der Waals surface area contributed by atoms with Gasteiger partial charge in [0.2, 0.25) is 0 Å². The minimum Gasteiger partial charge on any atom is -0.361 e. The Morgan fingerprint density at radius 2 is 0.900 bits per heavy atom. The quantitative estimate of drug-likeness (QED) is 0.394. The van der Waals surface area contributed by atoms with Crippen molar-refractivity contribution < 1.29 is 0 Å². The summed E-state index contributed by atoms with van der Waals surface area (Å²) in [6, 6.07) is 20.6. The van der Waals surface area contributed by atoms with Crippen LogP contribution in [0, 0.1) is 0 Å². The van der Waals surface area contributed by atoms with Crippen LogP contribution in [0.5, 0.6) is 0 Å². The SMILES string of the molecule is Br.Br.c1ccc2[nH]ccc2c1.c1ccc2[nH]ccc2c1. The van der Waals surface area contributed by atoms with Gasteiger partial charge in [0.05, 0.1) is 0 Å². The van der Waals surface area contributed by atoms with Gasteiger partial charge < -0.3 is 9.97 Å². The van der Waals surface area contributed by atoms with Crippen LogP contribution in [0.15, 0.2) is 73.1 Å². The van der Waals surface area contributed by atoms with Crippen LogP contribution < -0.4 is 0 Å². The molecule has 0 aliphatic carbocycles. The Kier molecular flexibility index (Phi) is 6.55. The maximum atomic E-state index is 3.12. The van der Waals surface area contributed by atoms with Crippen LogP contribution in [0.4, 0.5) is 0 Å². The highest BCUT2D eigenvalue weighted by molar-refractivity contribution is 8.93. The van der Waals surface area contributed by atoms with Crippen molar-refractivity contribution >= 4 is 55.8 Å². The van der Waals surface area contributed by atoms with E-state index in [0.717, 1.165) is 0 Å². The van der Waals surface area contributed by atoms with Crippen molar-refractivity contribution in [3.63, 3.8) is 0 Å². The number of para-hydroxylation sites is 2. The number of benzene rings is 2. The monoisotopic (exact) mass is 394 g/mol. The Balaban J connectivity index is 0.000000182. The maximum Gasteiger partial charge on any atom is 0.0453 e. The van der Waals surface area contributed by atoms with E-state index in [1.807, 2.05) is 36.7 Å². The number of rotatable bonds is 0. The summed E-state index contributed by atoms with van der Waals surface area (Å²) in [5.74, 6) is 0. The molecule has 4 heteroatoms. The molecule has 0 unspecified atom stereocenters. The largest absolute Gasteiger partial charge is 0.361 e. The molecule has 2 heterocycles. The van der Waals surface area contributed by atoms with Gasteiger partial charge in [0, 0.05) is 23.4 Å². The van der Waals surface area contributed by atoms with Crippen LogP contribution in [0.3, 0.4) is 0 Å². The molecule has 0 saturated carbocycles. The van der Waals surface area contributed by atoms with Crippen molar-refractivity contribution in [3.05, 3.63) is 73.1 Å². The van der Waals surface area contributed by atoms with Gasteiger partial charge in [-0.2, -0.15) is 0 Å². The fraction of sp³-hybridized carbons (Fsp3) is 0. The molecule has 0 saturated heterocycles. The number of aromatic amines is 2. The second-order valence-corrected chi connectivity index (χ2v) is 4.13. The van der Waals surface area contributed by atoms with Gasteiger partial charge in [-0.25, -0.2) is 0 Å². The van der Waals surface area contributed by atoms with Crippen molar-refractivity contribution in [1.29, 1.82) is 0 Å². The highest BCUT2D eigenvalue weighted by Crippen LogP contribution is 2.09. The molecule has 0 aliphatic heterocycles. The fourth-order valence-electron chi connectivity index (χ4n) is 1.99. The summed E-state index contributed by atoms with van der Waals surface area (Å²) in [7, 11) is 0. The maximum absolute atomic E-state index is 3.12. The van der Waals surface area contributed by atoms with E-state index in [1.54, 1.807) is 0 Å². The Morgan fingerprint density at radius 1 is 0.500 bits per heavy atom. The molecule has 4 aromatic rings. The van der Waals surface area contributed by atoms with E-state index in [1.165, 1.54) is 21.8 Å². The van der Waals surface area contributed by atoms with Crippen molar-refractivity contribution in [2.24, 2.45) is 0 Å². The molecule has 2 aromatic carbocycles. The Labute approximate surface area is 138 Å². The molecule has 20 heavy (non-hydrogen) atoms. The first-order valence-electron chi connectivity index (χ1n) is 5.98. The van der Waals surface area contributed by atoms with Crippen LogP contribution in [-0.2, 0) is 0 Å². The fourth-order valence-corrected chi connectivity index (χ4v) is 1.99. The van der Waals surface area contributed by atoms with Gasteiger partial charge in [0.15, 0.2) is 0 Å². The number of fused-ring (bicyclic) bond motifs is 2. The second kappa shape index (κ2) is 7.92. The van der Waals surface area contributed by atoms with E-state index < -0.39 is 0 Å². The summed E-state index contributed by atoms with van der Waals surface area (Å²) in [6.07, 6.45) is 3.90. The summed E-state index contributed by atoms with van der Waals surface area (Å²) in [5.41, 5.74) is 2.41. The smallest absolute Gasteiger partial charge is 0.0453 e. The molecule has 0 bridgehead atoms. The number of H-pyrrole nitrogens is 2. The van der Waals surface area contributed by atoms with Crippen molar-refractivity contribution in [2.45, 2.75) is 0 Å². The number of nitrogens with one attached hydrogen (secondary N) is 2. The van der Waals surface area contributed by atoms with Gasteiger partial charge in [-0.15, -0.1) is 34.0 Å². The number of halogens is 2. The summed E-state index contributed by atoms with van der Waals surface area (Å²) >= 11 is 0. The van der Waals surface area contributed by atoms with Crippen LogP contribution in [-0.4, -0.2) is 9.97 Å². The van der Waals surface area contributed by atoms with Crippen molar-refractivity contribution in [1.82, 2.24) is 9.97 Å². The third-order valence-corrected chi connectivity index (χ3v) is 2.93. The average molecular weight is 396 g/mol. The normalized spacial score (nSPS) is 9.20. The number of hydrogen-bond acceptors (Lipinski definition) is 0. The van der Waals surface area contributed by atoms with Gasteiger partial charge in [0.1, 0.15) is 0 Å².